The highest BCUT2D eigenvalue weighted by molar-refractivity contribution is 9.10. The molecule has 1 fully saturated rings. The van der Waals surface area contributed by atoms with Crippen LogP contribution in [0, 0.1) is 0 Å². The molecule has 2 nitrogen and oxygen atoms in total. The first-order chi connectivity index (χ1) is 9.34. The smallest absolute Gasteiger partial charge is 0.120 e. The summed E-state index contributed by atoms with van der Waals surface area (Å²) in [5.41, 5.74) is 0. The van der Waals surface area contributed by atoms with Crippen molar-refractivity contribution in [3.05, 3.63) is 28.7 Å². The van der Waals surface area contributed by atoms with Gasteiger partial charge in [-0.05, 0) is 56.7 Å². The van der Waals surface area contributed by atoms with Crippen LogP contribution in [0.3, 0.4) is 0 Å². The maximum absolute atomic E-state index is 5.76. The molecule has 2 rings (SSSR count). The monoisotopic (exact) mass is 326 g/mol. The van der Waals surface area contributed by atoms with Crippen LogP contribution < -0.4 is 9.64 Å². The van der Waals surface area contributed by atoms with Gasteiger partial charge in [0.05, 0.1) is 26.2 Å². The van der Waals surface area contributed by atoms with Gasteiger partial charge in [-0.3, -0.25) is 0 Å². The topological polar surface area (TPSA) is 13.7 Å². The Balaban J connectivity index is 1.56. The Morgan fingerprint density at radius 2 is 1.84 bits per heavy atom. The van der Waals surface area contributed by atoms with E-state index in [0.29, 0.717) is 0 Å². The maximum atomic E-state index is 5.76. The Hall–Kier alpha value is -0.540. The summed E-state index contributed by atoms with van der Waals surface area (Å²) in [6.45, 7) is 4.92. The Kier molecular flexibility index (Phi) is 6.72. The molecule has 106 valence electrons. The summed E-state index contributed by atoms with van der Waals surface area (Å²) in [5, 5.41) is 0. The van der Waals surface area contributed by atoms with Crippen LogP contribution in [0.5, 0.6) is 5.75 Å². The normalized spacial score (nSPS) is 17.1. The molecule has 1 heterocycles. The molecule has 0 saturated carbocycles. The van der Waals surface area contributed by atoms with Crippen LogP contribution in [0.1, 0.15) is 38.5 Å². The lowest BCUT2D eigenvalue weighted by Gasteiger charge is -2.16. The predicted molar refractivity (Wildman–Crippen MR) is 82.9 cm³/mol. The standard InChI is InChI=1S/C16H24BrNO/c17-15-8-7-9-16(14-15)19-13-6-5-12-18-10-3-1-2-4-11-18/h7-9,14H,1-6,10-13H2/p+1. The second-order valence-corrected chi connectivity index (χ2v) is 6.34. The molecule has 0 radical (unpaired) electrons. The number of benzene rings is 1. The minimum atomic E-state index is 0.837. The molecule has 1 saturated heterocycles. The van der Waals surface area contributed by atoms with E-state index in [4.69, 9.17) is 4.74 Å². The summed E-state index contributed by atoms with van der Waals surface area (Å²) < 4.78 is 6.84. The summed E-state index contributed by atoms with van der Waals surface area (Å²) >= 11 is 3.46. The lowest BCUT2D eigenvalue weighted by Crippen LogP contribution is -3.11. The molecule has 1 aromatic rings. The predicted octanol–water partition coefficient (Wildman–Crippen LogP) is 3.07. The van der Waals surface area contributed by atoms with Crippen molar-refractivity contribution in [3.8, 4) is 5.75 Å². The van der Waals surface area contributed by atoms with Gasteiger partial charge in [0.1, 0.15) is 5.75 Å². The molecule has 0 spiro atoms. The van der Waals surface area contributed by atoms with Crippen LogP contribution in [0.4, 0.5) is 0 Å². The minimum absolute atomic E-state index is 0.837. The van der Waals surface area contributed by atoms with E-state index in [1.54, 1.807) is 4.90 Å². The van der Waals surface area contributed by atoms with Gasteiger partial charge in [0, 0.05) is 4.47 Å². The molecule has 0 unspecified atom stereocenters. The van der Waals surface area contributed by atoms with E-state index < -0.39 is 0 Å². The van der Waals surface area contributed by atoms with Crippen molar-refractivity contribution >= 4 is 15.9 Å². The number of unbranched alkanes of at least 4 members (excludes halogenated alkanes) is 1. The Bertz CT molecular complexity index is 362. The summed E-state index contributed by atoms with van der Waals surface area (Å²) in [7, 11) is 0. The van der Waals surface area contributed by atoms with Crippen LogP contribution in [-0.4, -0.2) is 26.2 Å². The lowest BCUT2D eigenvalue weighted by atomic mass is 10.2. The van der Waals surface area contributed by atoms with Crippen LogP contribution >= 0.6 is 15.9 Å². The van der Waals surface area contributed by atoms with Gasteiger partial charge < -0.3 is 9.64 Å². The Morgan fingerprint density at radius 3 is 2.58 bits per heavy atom. The van der Waals surface area contributed by atoms with Gasteiger partial charge in [-0.25, -0.2) is 0 Å². The van der Waals surface area contributed by atoms with Gasteiger partial charge in [0.25, 0.3) is 0 Å². The van der Waals surface area contributed by atoms with Crippen molar-refractivity contribution in [1.29, 1.82) is 0 Å². The number of quaternary nitrogens is 1. The fourth-order valence-electron chi connectivity index (χ4n) is 2.70. The van der Waals surface area contributed by atoms with E-state index >= 15 is 0 Å². The van der Waals surface area contributed by atoms with Gasteiger partial charge >= 0.3 is 0 Å². The molecule has 1 aliphatic rings. The number of rotatable bonds is 6. The average molecular weight is 327 g/mol. The molecule has 1 aromatic carbocycles. The fraction of sp³-hybridized carbons (Fsp3) is 0.625. The zero-order valence-electron chi connectivity index (χ0n) is 11.7. The van der Waals surface area contributed by atoms with Crippen molar-refractivity contribution < 1.29 is 9.64 Å². The number of hydrogen-bond acceptors (Lipinski definition) is 1. The van der Waals surface area contributed by atoms with E-state index in [-0.39, 0.29) is 0 Å². The van der Waals surface area contributed by atoms with E-state index in [1.807, 2.05) is 24.3 Å². The number of likely N-dealkylation sites (tertiary alicyclic amines) is 1. The summed E-state index contributed by atoms with van der Waals surface area (Å²) in [5.74, 6) is 0.969. The van der Waals surface area contributed by atoms with Crippen molar-refractivity contribution in [3.63, 3.8) is 0 Å². The number of nitrogens with one attached hydrogen (secondary N) is 1. The van der Waals surface area contributed by atoms with E-state index in [1.165, 1.54) is 51.7 Å². The fourth-order valence-corrected chi connectivity index (χ4v) is 3.08. The van der Waals surface area contributed by atoms with Gasteiger partial charge in [0.2, 0.25) is 0 Å². The highest BCUT2D eigenvalue weighted by atomic mass is 79.9. The molecule has 0 aromatic heterocycles. The third-order valence-corrected chi connectivity index (χ3v) is 4.29. The molecule has 0 bridgehead atoms. The third-order valence-electron chi connectivity index (χ3n) is 3.80. The van der Waals surface area contributed by atoms with E-state index in [2.05, 4.69) is 15.9 Å². The number of ether oxygens (including phenoxy) is 1. The first kappa shape index (κ1) is 14.9. The van der Waals surface area contributed by atoms with Crippen molar-refractivity contribution in [2.45, 2.75) is 38.5 Å². The Morgan fingerprint density at radius 1 is 1.05 bits per heavy atom. The number of hydrogen-bond donors (Lipinski definition) is 1. The minimum Gasteiger partial charge on any atom is -0.494 e. The van der Waals surface area contributed by atoms with Crippen LogP contribution in [-0.2, 0) is 0 Å². The largest absolute Gasteiger partial charge is 0.494 e. The van der Waals surface area contributed by atoms with Crippen molar-refractivity contribution in [2.24, 2.45) is 0 Å². The quantitative estimate of drug-likeness (QED) is 0.793. The third kappa shape index (κ3) is 5.96. The highest BCUT2D eigenvalue weighted by Gasteiger charge is 2.11. The molecule has 1 N–H and O–H groups in total. The maximum Gasteiger partial charge on any atom is 0.120 e. The molecule has 3 heteroatoms. The summed E-state index contributed by atoms with van der Waals surface area (Å²) in [6, 6.07) is 8.08. The van der Waals surface area contributed by atoms with E-state index in [9.17, 15) is 0 Å². The zero-order chi connectivity index (χ0) is 13.3. The SMILES string of the molecule is Brc1cccc(OCCCC[NH+]2CCCCCC2)c1. The highest BCUT2D eigenvalue weighted by Crippen LogP contribution is 2.17. The van der Waals surface area contributed by atoms with Gasteiger partial charge in [-0.1, -0.05) is 22.0 Å². The Labute approximate surface area is 125 Å². The number of halogens is 1. The lowest BCUT2D eigenvalue weighted by molar-refractivity contribution is -0.899. The molecule has 0 aliphatic carbocycles. The first-order valence-electron chi connectivity index (χ1n) is 7.56. The van der Waals surface area contributed by atoms with Gasteiger partial charge in [-0.2, -0.15) is 0 Å². The van der Waals surface area contributed by atoms with Gasteiger partial charge in [0.15, 0.2) is 0 Å². The van der Waals surface area contributed by atoms with E-state index in [0.717, 1.165) is 23.2 Å². The molecular formula is C16H25BrNO+. The molecule has 19 heavy (non-hydrogen) atoms. The molecule has 0 atom stereocenters. The first-order valence-corrected chi connectivity index (χ1v) is 8.36. The average Bonchev–Trinajstić information content (AvgIpc) is 2.67. The zero-order valence-corrected chi connectivity index (χ0v) is 13.3. The second kappa shape index (κ2) is 8.60. The molecular weight excluding hydrogens is 302 g/mol. The summed E-state index contributed by atoms with van der Waals surface area (Å²) in [6.07, 6.45) is 8.16. The van der Waals surface area contributed by atoms with Crippen molar-refractivity contribution in [2.75, 3.05) is 26.2 Å². The van der Waals surface area contributed by atoms with Crippen LogP contribution in [0.15, 0.2) is 28.7 Å². The van der Waals surface area contributed by atoms with Gasteiger partial charge in [-0.15, -0.1) is 0 Å². The molecule has 0 amide bonds. The van der Waals surface area contributed by atoms with Crippen LogP contribution in [0.2, 0.25) is 0 Å². The summed E-state index contributed by atoms with van der Waals surface area (Å²) in [4.78, 5) is 1.81. The second-order valence-electron chi connectivity index (χ2n) is 5.43. The van der Waals surface area contributed by atoms with Crippen LogP contribution in [0.25, 0.3) is 0 Å². The molecule has 1 aliphatic heterocycles. The van der Waals surface area contributed by atoms with Crippen molar-refractivity contribution in [1.82, 2.24) is 0 Å².